The third-order valence-electron chi connectivity index (χ3n) is 2.46. The second kappa shape index (κ2) is 4.97. The monoisotopic (exact) mass is 192 g/mol. The molecule has 0 heterocycles. The molecule has 2 nitrogen and oxygen atoms in total. The van der Waals surface area contributed by atoms with Crippen molar-refractivity contribution in [1.29, 1.82) is 0 Å². The minimum Gasteiger partial charge on any atom is -0.365 e. The predicted octanol–water partition coefficient (Wildman–Crippen LogP) is 1.95. The van der Waals surface area contributed by atoms with E-state index in [1.807, 2.05) is 0 Å². The first-order valence-corrected chi connectivity index (χ1v) is 4.87. The summed E-state index contributed by atoms with van der Waals surface area (Å²) in [5.41, 5.74) is 1.22. The molecule has 1 fully saturated rings. The van der Waals surface area contributed by atoms with Gasteiger partial charge in [-0.2, -0.15) is 0 Å². The van der Waals surface area contributed by atoms with E-state index in [4.69, 9.17) is 11.2 Å². The summed E-state index contributed by atoms with van der Waals surface area (Å²) in [7, 11) is 0. The summed E-state index contributed by atoms with van der Waals surface area (Å²) in [6.45, 7) is 5.81. The zero-order valence-corrected chi connectivity index (χ0v) is 8.58. The number of rotatable bonds is 6. The van der Waals surface area contributed by atoms with Gasteiger partial charge >= 0.3 is 0 Å². The number of hydrogen-bond acceptors (Lipinski definition) is 2. The topological polar surface area (TPSA) is 26.3 Å². The Kier molecular flexibility index (Phi) is 3.91. The lowest BCUT2D eigenvalue weighted by atomic mass is 10.1. The highest BCUT2D eigenvalue weighted by Gasteiger charge is 2.35. The third-order valence-corrected chi connectivity index (χ3v) is 2.46. The van der Waals surface area contributed by atoms with Gasteiger partial charge < -0.3 is 9.53 Å². The fourth-order valence-corrected chi connectivity index (χ4v) is 1.52. The molecular formula is C12H16O2. The van der Waals surface area contributed by atoms with Crippen LogP contribution < -0.4 is 0 Å². The van der Waals surface area contributed by atoms with Crippen LogP contribution >= 0.6 is 0 Å². The molecule has 0 aliphatic heterocycles. The van der Waals surface area contributed by atoms with Gasteiger partial charge in [0.1, 0.15) is 12.4 Å². The van der Waals surface area contributed by atoms with Crippen molar-refractivity contribution in [2.45, 2.75) is 32.3 Å². The van der Waals surface area contributed by atoms with Crippen molar-refractivity contribution in [3.05, 3.63) is 12.2 Å². The highest BCUT2D eigenvalue weighted by Crippen LogP contribution is 2.41. The van der Waals surface area contributed by atoms with E-state index in [2.05, 4.69) is 12.5 Å². The molecule has 2 atom stereocenters. The van der Waals surface area contributed by atoms with Crippen molar-refractivity contribution in [3.63, 3.8) is 0 Å². The number of carbonyl (C=O) groups excluding carboxylic acids is 1. The summed E-state index contributed by atoms with van der Waals surface area (Å²) in [5.74, 6) is 3.08. The van der Waals surface area contributed by atoms with Crippen LogP contribution in [0.2, 0.25) is 0 Å². The highest BCUT2D eigenvalue weighted by molar-refractivity contribution is 5.75. The van der Waals surface area contributed by atoms with E-state index in [9.17, 15) is 4.79 Å². The van der Waals surface area contributed by atoms with E-state index >= 15 is 0 Å². The molecule has 0 aromatic rings. The largest absolute Gasteiger partial charge is 0.365 e. The Balaban J connectivity index is 2.33. The summed E-state index contributed by atoms with van der Waals surface area (Å²) in [6.07, 6.45) is 7.58. The number of carbonyl (C=O) groups is 1. The van der Waals surface area contributed by atoms with Gasteiger partial charge in [-0.05, 0) is 19.8 Å². The molecule has 0 N–H and O–H groups in total. The summed E-state index contributed by atoms with van der Waals surface area (Å²) in [5, 5.41) is 0. The fraction of sp³-hybridized carbons (Fsp3) is 0.583. The quantitative estimate of drug-likeness (QED) is 0.475. The number of ether oxygens (including phenoxy) is 1. The predicted molar refractivity (Wildman–Crippen MR) is 55.7 cm³/mol. The van der Waals surface area contributed by atoms with Crippen LogP contribution in [0.25, 0.3) is 0 Å². The number of hydrogen-bond donors (Lipinski definition) is 0. The zero-order chi connectivity index (χ0) is 10.6. The van der Waals surface area contributed by atoms with Gasteiger partial charge in [-0.15, -0.1) is 6.42 Å². The molecule has 0 bridgehead atoms. The molecule has 0 amide bonds. The van der Waals surface area contributed by atoms with Gasteiger partial charge in [-0.25, -0.2) is 0 Å². The number of terminal acetylenes is 1. The maximum Gasteiger partial charge on any atom is 0.129 e. The molecule has 0 unspecified atom stereocenters. The van der Waals surface area contributed by atoms with E-state index in [0.717, 1.165) is 12.8 Å². The van der Waals surface area contributed by atoms with E-state index in [1.165, 1.54) is 5.57 Å². The fourth-order valence-electron chi connectivity index (χ4n) is 1.52. The molecule has 0 saturated heterocycles. The van der Waals surface area contributed by atoms with Crippen LogP contribution in [0.4, 0.5) is 0 Å². The Hall–Kier alpha value is -1.07. The molecule has 0 aromatic carbocycles. The second-order valence-corrected chi connectivity index (χ2v) is 3.76. The van der Waals surface area contributed by atoms with Gasteiger partial charge in [0.25, 0.3) is 0 Å². The molecule has 0 aromatic heterocycles. The van der Waals surface area contributed by atoms with Gasteiger partial charge in [-0.1, -0.05) is 18.1 Å². The van der Waals surface area contributed by atoms with Crippen LogP contribution in [0.15, 0.2) is 12.2 Å². The molecule has 0 radical (unpaired) electrons. The standard InChI is InChI=1S/C12H16O2/c1-4-7-14-12(6-5-10(3)13)11-8-9(11)2/h1,11-12H,2,5-8H2,3H3/t11-,12+/m1/s1. The molecule has 1 rings (SSSR count). The van der Waals surface area contributed by atoms with Crippen molar-refractivity contribution >= 4 is 5.78 Å². The maximum absolute atomic E-state index is 10.8. The van der Waals surface area contributed by atoms with Crippen LogP contribution in [-0.4, -0.2) is 18.5 Å². The molecular weight excluding hydrogens is 176 g/mol. The number of ketones is 1. The average Bonchev–Trinajstić information content (AvgIpc) is 2.82. The lowest BCUT2D eigenvalue weighted by Gasteiger charge is -2.14. The van der Waals surface area contributed by atoms with Gasteiger partial charge in [0.15, 0.2) is 0 Å². The minimum absolute atomic E-state index is 0.0995. The van der Waals surface area contributed by atoms with Gasteiger partial charge in [-0.3, -0.25) is 0 Å². The molecule has 2 heteroatoms. The normalized spacial score (nSPS) is 21.4. The first-order valence-electron chi connectivity index (χ1n) is 4.87. The minimum atomic E-state index is 0.0995. The summed E-state index contributed by atoms with van der Waals surface area (Å²) in [4.78, 5) is 10.8. The summed E-state index contributed by atoms with van der Waals surface area (Å²) < 4.78 is 5.49. The summed E-state index contributed by atoms with van der Waals surface area (Å²) in [6, 6.07) is 0. The molecule has 76 valence electrons. The van der Waals surface area contributed by atoms with E-state index in [-0.39, 0.29) is 11.9 Å². The van der Waals surface area contributed by atoms with Crippen molar-refractivity contribution in [1.82, 2.24) is 0 Å². The van der Waals surface area contributed by atoms with Crippen LogP contribution in [0.1, 0.15) is 26.2 Å². The highest BCUT2D eigenvalue weighted by atomic mass is 16.5. The van der Waals surface area contributed by atoms with Crippen LogP contribution in [-0.2, 0) is 9.53 Å². The molecule has 14 heavy (non-hydrogen) atoms. The Morgan fingerprint density at radius 1 is 1.86 bits per heavy atom. The first-order chi connectivity index (χ1) is 6.65. The Morgan fingerprint density at radius 3 is 2.93 bits per heavy atom. The van der Waals surface area contributed by atoms with Crippen LogP contribution in [0.5, 0.6) is 0 Å². The van der Waals surface area contributed by atoms with Crippen molar-refractivity contribution in [2.75, 3.05) is 6.61 Å². The van der Waals surface area contributed by atoms with Crippen LogP contribution in [0, 0.1) is 18.3 Å². The van der Waals surface area contributed by atoms with Gasteiger partial charge in [0.05, 0.1) is 6.10 Å². The average molecular weight is 192 g/mol. The Labute approximate surface area is 85.3 Å². The van der Waals surface area contributed by atoms with E-state index < -0.39 is 0 Å². The smallest absolute Gasteiger partial charge is 0.129 e. The number of Topliss-reactive ketones (excluding diaryl/α,β-unsaturated/α-hetero) is 1. The second-order valence-electron chi connectivity index (χ2n) is 3.76. The maximum atomic E-state index is 10.8. The summed E-state index contributed by atoms with van der Waals surface area (Å²) >= 11 is 0. The van der Waals surface area contributed by atoms with Crippen LogP contribution in [0.3, 0.4) is 0 Å². The van der Waals surface area contributed by atoms with Crippen molar-refractivity contribution < 1.29 is 9.53 Å². The zero-order valence-electron chi connectivity index (χ0n) is 8.58. The SMILES string of the molecule is C#CCO[C@@H](CCC(C)=O)[C@@H]1CC1=C. The Bertz CT molecular complexity index is 273. The lowest BCUT2D eigenvalue weighted by molar-refractivity contribution is -0.117. The lowest BCUT2D eigenvalue weighted by Crippen LogP contribution is -2.17. The van der Waals surface area contributed by atoms with E-state index in [1.54, 1.807) is 6.92 Å². The molecule has 1 saturated carbocycles. The molecule has 0 spiro atoms. The third kappa shape index (κ3) is 3.35. The van der Waals surface area contributed by atoms with E-state index in [0.29, 0.717) is 18.9 Å². The molecule has 1 aliphatic rings. The van der Waals surface area contributed by atoms with Gasteiger partial charge in [0, 0.05) is 12.3 Å². The first kappa shape index (κ1) is 11.0. The van der Waals surface area contributed by atoms with Crippen molar-refractivity contribution in [3.8, 4) is 12.3 Å². The molecule has 1 aliphatic carbocycles. The Morgan fingerprint density at radius 2 is 2.50 bits per heavy atom. The van der Waals surface area contributed by atoms with Gasteiger partial charge in [0.2, 0.25) is 0 Å². The van der Waals surface area contributed by atoms with Crippen molar-refractivity contribution in [2.24, 2.45) is 5.92 Å².